The maximum absolute atomic E-state index is 15.3. The molecule has 12 heteroatoms. The number of nitrogens with two attached hydrogens (primary N) is 2. The van der Waals surface area contributed by atoms with Crippen LogP contribution in [0.1, 0.15) is 75.0 Å². The second-order valence-electron chi connectivity index (χ2n) is 13.2. The molecule has 2 aromatic heterocycles. The minimum absolute atomic E-state index is 0.0643. The van der Waals surface area contributed by atoms with Gasteiger partial charge in [0.25, 0.3) is 0 Å². The fraction of sp³-hybridized carbons (Fsp3) is 0.472. The van der Waals surface area contributed by atoms with E-state index < -0.39 is 11.5 Å². The molecular formula is C36H45ClFN7O2S. The molecule has 9 nitrogen and oxygen atoms in total. The van der Waals surface area contributed by atoms with Crippen molar-refractivity contribution in [2.24, 2.45) is 17.4 Å². The Balaban J connectivity index is 1.21. The summed E-state index contributed by atoms with van der Waals surface area (Å²) in [5.74, 6) is 0.930. The summed E-state index contributed by atoms with van der Waals surface area (Å²) in [6, 6.07) is 14.1. The number of likely N-dealkylation sites (tertiary alicyclic amines) is 1. The van der Waals surface area contributed by atoms with Crippen LogP contribution in [0, 0.1) is 17.1 Å². The van der Waals surface area contributed by atoms with E-state index in [0.29, 0.717) is 46.4 Å². The summed E-state index contributed by atoms with van der Waals surface area (Å²) in [6.45, 7) is 0.925. The van der Waals surface area contributed by atoms with E-state index >= 15 is 4.39 Å². The summed E-state index contributed by atoms with van der Waals surface area (Å²) in [4.78, 5) is 23.1. The number of aryl methyl sites for hydroxylation is 1. The van der Waals surface area contributed by atoms with Crippen LogP contribution in [0.4, 0.5) is 4.39 Å². The Labute approximate surface area is 289 Å². The Kier molecular flexibility index (Phi) is 11.2. The normalized spacial score (nSPS) is 19.2. The molecule has 6 rings (SSSR count). The summed E-state index contributed by atoms with van der Waals surface area (Å²) >= 11 is 7.71. The maximum atomic E-state index is 15.3. The summed E-state index contributed by atoms with van der Waals surface area (Å²) in [5.41, 5.74) is 15.4. The van der Waals surface area contributed by atoms with Crippen molar-refractivity contribution in [3.05, 3.63) is 81.1 Å². The highest BCUT2D eigenvalue weighted by atomic mass is 35.5. The van der Waals surface area contributed by atoms with Crippen LogP contribution >= 0.6 is 23.4 Å². The Morgan fingerprint density at radius 2 is 1.96 bits per heavy atom. The number of nitrogens with zero attached hydrogens (tertiary/aromatic N) is 3. The van der Waals surface area contributed by atoms with Crippen molar-refractivity contribution in [2.45, 2.75) is 82.3 Å². The van der Waals surface area contributed by atoms with Crippen molar-refractivity contribution in [2.75, 3.05) is 18.9 Å². The smallest absolute Gasteiger partial charge is 0.354 e. The van der Waals surface area contributed by atoms with Crippen molar-refractivity contribution in [3.8, 4) is 16.9 Å². The molecule has 0 amide bonds. The lowest BCUT2D eigenvalue weighted by Crippen LogP contribution is -2.43. The molecule has 1 saturated heterocycles. The van der Waals surface area contributed by atoms with Gasteiger partial charge in [0.05, 0.1) is 16.4 Å². The van der Waals surface area contributed by atoms with Crippen LogP contribution in [-0.2, 0) is 6.42 Å². The van der Waals surface area contributed by atoms with Crippen LogP contribution in [0.3, 0.4) is 0 Å². The zero-order chi connectivity index (χ0) is 33.8. The summed E-state index contributed by atoms with van der Waals surface area (Å²) < 4.78 is 16.8. The van der Waals surface area contributed by atoms with E-state index in [2.05, 4.69) is 27.0 Å². The molecule has 3 atom stereocenters. The standard InChI is InChI=1S/C36H45ClFN7O2S/c37-29-19-22(4-1-6-30(39)23-8-9-23)18-28(33(29)38)31-20-25-21-45(36(47)43-34(25)42-31)27-12-10-24(11-13-27)32-7-2-5-26(14-17-48-35(40)41)44(32)15-3-16-46/h10-13,18-21,23,26,30,32,46H,1-9,14-17,39H2,(H3,40,41)(H,42,43,47)/t26-,30+,32-/m0/s1. The number of aliphatic hydroxyl groups is 1. The number of halogens is 2. The van der Waals surface area contributed by atoms with Gasteiger partial charge in [0.15, 0.2) is 11.0 Å². The monoisotopic (exact) mass is 693 g/mol. The van der Waals surface area contributed by atoms with Gasteiger partial charge < -0.3 is 21.6 Å². The Morgan fingerprint density at radius 1 is 1.17 bits per heavy atom. The predicted molar refractivity (Wildman–Crippen MR) is 194 cm³/mol. The number of H-pyrrole nitrogens is 1. The molecule has 48 heavy (non-hydrogen) atoms. The van der Waals surface area contributed by atoms with Gasteiger partial charge in [-0.25, -0.2) is 9.18 Å². The fourth-order valence-electron chi connectivity index (χ4n) is 7.17. The van der Waals surface area contributed by atoms with E-state index in [4.69, 9.17) is 28.5 Å². The number of rotatable bonds is 14. The van der Waals surface area contributed by atoms with Gasteiger partial charge >= 0.3 is 5.69 Å². The second-order valence-corrected chi connectivity index (χ2v) is 14.8. The molecular weight excluding hydrogens is 649 g/mol. The van der Waals surface area contributed by atoms with Gasteiger partial charge in [-0.05, 0) is 112 Å². The van der Waals surface area contributed by atoms with Crippen molar-refractivity contribution >= 4 is 39.6 Å². The quantitative estimate of drug-likeness (QED) is 0.0745. The minimum Gasteiger partial charge on any atom is -0.396 e. The lowest BCUT2D eigenvalue weighted by atomic mass is 9.89. The van der Waals surface area contributed by atoms with Crippen molar-refractivity contribution < 1.29 is 9.50 Å². The van der Waals surface area contributed by atoms with E-state index in [9.17, 15) is 9.90 Å². The number of thioether (sulfide) groups is 1. The molecule has 1 saturated carbocycles. The van der Waals surface area contributed by atoms with Crippen molar-refractivity contribution in [1.82, 2.24) is 19.4 Å². The number of aliphatic hydroxyl groups excluding tert-OH is 1. The first-order chi connectivity index (χ1) is 23.2. The Hall–Kier alpha value is -3.22. The lowest BCUT2D eigenvalue weighted by molar-refractivity contribution is 0.0728. The number of aromatic amines is 1. The van der Waals surface area contributed by atoms with E-state index in [1.165, 1.54) is 29.2 Å². The molecule has 0 spiro atoms. The van der Waals surface area contributed by atoms with Crippen LogP contribution in [0.25, 0.3) is 28.0 Å². The molecule has 0 bridgehead atoms. The minimum atomic E-state index is -0.511. The number of fused-ring (bicyclic) bond motifs is 1. The van der Waals surface area contributed by atoms with E-state index in [1.807, 2.05) is 18.2 Å². The van der Waals surface area contributed by atoms with Crippen LogP contribution in [0.2, 0.25) is 5.02 Å². The zero-order valence-corrected chi connectivity index (χ0v) is 28.7. The highest BCUT2D eigenvalue weighted by Crippen LogP contribution is 2.37. The highest BCUT2D eigenvalue weighted by Gasteiger charge is 2.31. The molecule has 1 aliphatic carbocycles. The number of hydrogen-bond donors (Lipinski definition) is 5. The summed E-state index contributed by atoms with van der Waals surface area (Å²) in [6.07, 6.45) is 11.6. The lowest BCUT2D eigenvalue weighted by Gasteiger charge is -2.42. The molecule has 2 aromatic carbocycles. The number of amidine groups is 1. The molecule has 2 aliphatic rings. The Bertz CT molecular complexity index is 1790. The molecule has 256 valence electrons. The summed E-state index contributed by atoms with van der Waals surface area (Å²) in [7, 11) is 0. The molecule has 1 aliphatic heterocycles. The zero-order valence-electron chi connectivity index (χ0n) is 27.1. The third-order valence-corrected chi connectivity index (χ3v) is 10.9. The predicted octanol–water partition coefficient (Wildman–Crippen LogP) is 6.53. The molecule has 4 aromatic rings. The number of nitrogens with one attached hydrogen (secondary N) is 2. The molecule has 2 fully saturated rings. The van der Waals surface area contributed by atoms with Gasteiger partial charge in [0.2, 0.25) is 0 Å². The molecule has 0 unspecified atom stereocenters. The number of piperidine rings is 1. The van der Waals surface area contributed by atoms with E-state index in [0.717, 1.165) is 68.4 Å². The first kappa shape index (κ1) is 34.6. The van der Waals surface area contributed by atoms with Gasteiger partial charge in [-0.15, -0.1) is 0 Å². The van der Waals surface area contributed by atoms with Gasteiger partial charge in [-0.2, -0.15) is 4.98 Å². The van der Waals surface area contributed by atoms with Crippen LogP contribution in [0.5, 0.6) is 0 Å². The topological polar surface area (TPSA) is 150 Å². The summed E-state index contributed by atoms with van der Waals surface area (Å²) in [5, 5.41) is 18.0. The Morgan fingerprint density at radius 3 is 2.69 bits per heavy atom. The fourth-order valence-corrected chi connectivity index (χ4v) is 8.02. The van der Waals surface area contributed by atoms with Gasteiger partial charge in [0.1, 0.15) is 5.65 Å². The van der Waals surface area contributed by atoms with Gasteiger partial charge in [-0.3, -0.25) is 14.9 Å². The first-order valence-corrected chi connectivity index (χ1v) is 18.4. The largest absolute Gasteiger partial charge is 0.396 e. The second kappa shape index (κ2) is 15.6. The molecule has 3 heterocycles. The average molecular weight is 694 g/mol. The van der Waals surface area contributed by atoms with E-state index in [1.54, 1.807) is 18.3 Å². The number of benzene rings is 2. The third kappa shape index (κ3) is 8.14. The maximum Gasteiger partial charge on any atom is 0.354 e. The van der Waals surface area contributed by atoms with Gasteiger partial charge in [0, 0.05) is 54.2 Å². The van der Waals surface area contributed by atoms with Crippen LogP contribution in [0.15, 0.2) is 53.5 Å². The van der Waals surface area contributed by atoms with Crippen LogP contribution < -0.4 is 17.2 Å². The molecule has 0 radical (unpaired) electrons. The SMILES string of the molecule is N=C(N)SCC[C@@H]1CCC[C@@H](c2ccc(-n3cc4cc(-c5cc(CCC[C@@H](N)C6CC6)cc(Cl)c5F)[nH]c4nc3=O)cc2)N1CCCO. The molecule has 7 N–H and O–H groups in total. The van der Waals surface area contributed by atoms with Crippen LogP contribution in [-0.4, -0.2) is 60.7 Å². The van der Waals surface area contributed by atoms with E-state index in [-0.39, 0.29) is 28.9 Å². The number of hydrogen-bond acceptors (Lipinski definition) is 7. The highest BCUT2D eigenvalue weighted by molar-refractivity contribution is 8.13. The van der Waals surface area contributed by atoms with Gasteiger partial charge in [-0.1, -0.05) is 35.5 Å². The first-order valence-electron chi connectivity index (χ1n) is 17.0. The average Bonchev–Trinajstić information content (AvgIpc) is 3.85. The number of aromatic nitrogens is 3. The van der Waals surface area contributed by atoms with Crippen molar-refractivity contribution in [1.29, 1.82) is 5.41 Å². The third-order valence-electron chi connectivity index (χ3n) is 9.84. The van der Waals surface area contributed by atoms with Crippen molar-refractivity contribution in [3.63, 3.8) is 0 Å².